The molecule has 0 saturated carbocycles. The molecule has 0 radical (unpaired) electrons. The number of nitrogens with one attached hydrogen (secondary N) is 1. The monoisotopic (exact) mass is 308 g/mol. The van der Waals surface area contributed by atoms with Gasteiger partial charge in [-0.3, -0.25) is 4.79 Å². The molecule has 0 aliphatic carbocycles. The van der Waals surface area contributed by atoms with Gasteiger partial charge in [0.05, 0.1) is 11.8 Å². The minimum atomic E-state index is -0.440. The molecule has 0 unspecified atom stereocenters. The summed E-state index contributed by atoms with van der Waals surface area (Å²) in [4.78, 5) is 15.8. The molecule has 1 N–H and O–H groups in total. The third kappa shape index (κ3) is 2.73. The number of aryl methyl sites for hydroxylation is 1. The summed E-state index contributed by atoms with van der Waals surface area (Å²) in [6, 6.07) is 8.06. The highest BCUT2D eigenvalue weighted by Crippen LogP contribution is 2.21. The Hall–Kier alpha value is -1.75. The summed E-state index contributed by atoms with van der Waals surface area (Å²) in [5, 5.41) is 2.61. The highest BCUT2D eigenvalue weighted by atomic mass is 79.9. The van der Waals surface area contributed by atoms with E-state index in [0.29, 0.717) is 11.4 Å². The molecule has 0 atom stereocenters. The number of aromatic nitrogens is 1. The van der Waals surface area contributed by atoms with Crippen LogP contribution in [0.25, 0.3) is 0 Å². The van der Waals surface area contributed by atoms with Gasteiger partial charge in [-0.15, -0.1) is 0 Å². The van der Waals surface area contributed by atoms with Crippen molar-refractivity contribution >= 4 is 27.7 Å². The number of nitrogens with zero attached hydrogens (tertiary/aromatic N) is 1. The van der Waals surface area contributed by atoms with Crippen LogP contribution in [-0.2, 0) is 0 Å². The van der Waals surface area contributed by atoms with Crippen LogP contribution < -0.4 is 5.32 Å². The number of carbonyl (C=O) groups excluding carboxylic acids is 1. The Morgan fingerprint density at radius 3 is 2.78 bits per heavy atom. The van der Waals surface area contributed by atoms with Gasteiger partial charge in [-0.05, 0) is 46.6 Å². The van der Waals surface area contributed by atoms with E-state index >= 15 is 0 Å². The van der Waals surface area contributed by atoms with Crippen molar-refractivity contribution in [2.75, 3.05) is 5.32 Å². The lowest BCUT2D eigenvalue weighted by Gasteiger charge is -2.07. The van der Waals surface area contributed by atoms with Crippen molar-refractivity contribution in [1.29, 1.82) is 0 Å². The van der Waals surface area contributed by atoms with Gasteiger partial charge < -0.3 is 5.32 Å². The Kier molecular flexibility index (Phi) is 3.72. The second kappa shape index (κ2) is 5.27. The molecule has 0 fully saturated rings. The molecule has 0 saturated heterocycles. The van der Waals surface area contributed by atoms with E-state index in [-0.39, 0.29) is 5.91 Å². The molecule has 0 aliphatic rings. The van der Waals surface area contributed by atoms with Crippen LogP contribution in [0.5, 0.6) is 0 Å². The second-order valence-corrected chi connectivity index (χ2v) is 4.55. The zero-order valence-corrected chi connectivity index (χ0v) is 11.2. The van der Waals surface area contributed by atoms with E-state index in [1.165, 1.54) is 12.1 Å². The third-order valence-corrected chi connectivity index (χ3v) is 3.46. The lowest BCUT2D eigenvalue weighted by Crippen LogP contribution is -2.13. The van der Waals surface area contributed by atoms with Crippen LogP contribution in [0.15, 0.2) is 41.0 Å². The van der Waals surface area contributed by atoms with Gasteiger partial charge >= 0.3 is 0 Å². The highest BCUT2D eigenvalue weighted by molar-refractivity contribution is 9.10. The Labute approximate surface area is 112 Å². The fourth-order valence-electron chi connectivity index (χ4n) is 1.46. The summed E-state index contributed by atoms with van der Waals surface area (Å²) in [5.74, 6) is -0.413. The molecule has 92 valence electrons. The first-order chi connectivity index (χ1) is 8.58. The molecule has 1 aromatic heterocycles. The van der Waals surface area contributed by atoms with Crippen molar-refractivity contribution in [3.63, 3.8) is 0 Å². The number of rotatable bonds is 2. The molecular weight excluding hydrogens is 299 g/mol. The fraction of sp³-hybridized carbons (Fsp3) is 0.0769. The van der Waals surface area contributed by atoms with E-state index in [1.54, 1.807) is 12.1 Å². The van der Waals surface area contributed by atoms with Gasteiger partial charge in [0, 0.05) is 4.47 Å². The van der Waals surface area contributed by atoms with Crippen LogP contribution >= 0.6 is 15.9 Å². The maximum Gasteiger partial charge on any atom is 0.257 e. The van der Waals surface area contributed by atoms with E-state index in [0.717, 1.165) is 16.2 Å². The lowest BCUT2D eigenvalue weighted by atomic mass is 10.1. The zero-order chi connectivity index (χ0) is 13.1. The van der Waals surface area contributed by atoms with E-state index in [9.17, 15) is 9.18 Å². The standard InChI is InChI=1S/C13H10BrFN2O/c1-8-3-2-4-10(12(8)14)13(18)17-11-6-5-9(15)7-16-11/h2-7H,1H3,(H,16,17,18). The predicted octanol–water partition coefficient (Wildman–Crippen LogP) is 3.54. The number of hydrogen-bond donors (Lipinski definition) is 1. The number of amides is 1. The Morgan fingerprint density at radius 2 is 2.11 bits per heavy atom. The number of carbonyl (C=O) groups is 1. The van der Waals surface area contributed by atoms with Gasteiger partial charge in [0.25, 0.3) is 5.91 Å². The Morgan fingerprint density at radius 1 is 1.33 bits per heavy atom. The van der Waals surface area contributed by atoms with E-state index in [4.69, 9.17) is 0 Å². The molecule has 2 rings (SSSR count). The summed E-state index contributed by atoms with van der Waals surface area (Å²) < 4.78 is 13.4. The summed E-state index contributed by atoms with van der Waals surface area (Å²) >= 11 is 3.36. The van der Waals surface area contributed by atoms with E-state index in [2.05, 4.69) is 26.2 Å². The largest absolute Gasteiger partial charge is 0.307 e. The summed E-state index contributed by atoms with van der Waals surface area (Å²) in [6.07, 6.45) is 1.06. The van der Waals surface area contributed by atoms with Crippen LogP contribution in [0.3, 0.4) is 0 Å². The van der Waals surface area contributed by atoms with Crippen molar-refractivity contribution in [3.8, 4) is 0 Å². The highest BCUT2D eigenvalue weighted by Gasteiger charge is 2.11. The first-order valence-electron chi connectivity index (χ1n) is 5.26. The number of benzene rings is 1. The molecule has 3 nitrogen and oxygen atoms in total. The first-order valence-corrected chi connectivity index (χ1v) is 6.05. The molecule has 1 heterocycles. The van der Waals surface area contributed by atoms with Crippen LogP contribution in [0.1, 0.15) is 15.9 Å². The van der Waals surface area contributed by atoms with Crippen molar-refractivity contribution in [2.24, 2.45) is 0 Å². The lowest BCUT2D eigenvalue weighted by molar-refractivity contribution is 0.102. The molecule has 5 heteroatoms. The van der Waals surface area contributed by atoms with E-state index < -0.39 is 5.82 Å². The molecule has 1 amide bonds. The average molecular weight is 309 g/mol. The van der Waals surface area contributed by atoms with Gasteiger partial charge in [-0.1, -0.05) is 12.1 Å². The van der Waals surface area contributed by atoms with Gasteiger partial charge in [0.2, 0.25) is 0 Å². The van der Waals surface area contributed by atoms with Gasteiger partial charge in [0.15, 0.2) is 0 Å². The maximum atomic E-state index is 12.7. The van der Waals surface area contributed by atoms with Gasteiger partial charge in [0.1, 0.15) is 11.6 Å². The van der Waals surface area contributed by atoms with Crippen molar-refractivity contribution in [2.45, 2.75) is 6.92 Å². The molecule has 1 aromatic carbocycles. The zero-order valence-electron chi connectivity index (χ0n) is 9.58. The van der Waals surface area contributed by atoms with Gasteiger partial charge in [-0.2, -0.15) is 0 Å². The summed E-state index contributed by atoms with van der Waals surface area (Å²) in [7, 11) is 0. The summed E-state index contributed by atoms with van der Waals surface area (Å²) in [5.41, 5.74) is 1.48. The smallest absolute Gasteiger partial charge is 0.257 e. The van der Waals surface area contributed by atoms with Crippen molar-refractivity contribution < 1.29 is 9.18 Å². The SMILES string of the molecule is Cc1cccc(C(=O)Nc2ccc(F)cn2)c1Br. The minimum Gasteiger partial charge on any atom is -0.307 e. The molecule has 18 heavy (non-hydrogen) atoms. The fourth-order valence-corrected chi connectivity index (χ4v) is 1.90. The van der Waals surface area contributed by atoms with E-state index in [1.807, 2.05) is 13.0 Å². The van der Waals surface area contributed by atoms with Crippen molar-refractivity contribution in [1.82, 2.24) is 4.98 Å². The molecule has 0 bridgehead atoms. The van der Waals surface area contributed by atoms with Gasteiger partial charge in [-0.25, -0.2) is 9.37 Å². The number of hydrogen-bond acceptors (Lipinski definition) is 2. The number of anilines is 1. The summed E-state index contributed by atoms with van der Waals surface area (Å²) in [6.45, 7) is 1.90. The second-order valence-electron chi connectivity index (χ2n) is 3.75. The Bertz CT molecular complexity index is 584. The predicted molar refractivity (Wildman–Crippen MR) is 71.0 cm³/mol. The maximum absolute atomic E-state index is 12.7. The quantitative estimate of drug-likeness (QED) is 0.922. The molecular formula is C13H10BrFN2O. The van der Waals surface area contributed by atoms with Crippen LogP contribution in [0, 0.1) is 12.7 Å². The number of halogens is 2. The normalized spacial score (nSPS) is 10.2. The van der Waals surface area contributed by atoms with Crippen LogP contribution in [-0.4, -0.2) is 10.9 Å². The molecule has 0 aliphatic heterocycles. The van der Waals surface area contributed by atoms with Crippen LogP contribution in [0.4, 0.5) is 10.2 Å². The minimum absolute atomic E-state index is 0.287. The first kappa shape index (κ1) is 12.7. The molecule has 0 spiro atoms. The molecule has 2 aromatic rings. The average Bonchev–Trinajstić information content (AvgIpc) is 2.35. The Balaban J connectivity index is 2.22. The number of pyridine rings is 1. The van der Waals surface area contributed by atoms with Crippen LogP contribution in [0.2, 0.25) is 0 Å². The topological polar surface area (TPSA) is 42.0 Å². The third-order valence-electron chi connectivity index (χ3n) is 2.41. The van der Waals surface area contributed by atoms with Crippen molar-refractivity contribution in [3.05, 3.63) is 57.9 Å².